The quantitative estimate of drug-likeness (QED) is 0.799. The molecule has 86 valence electrons. The first-order valence-electron chi connectivity index (χ1n) is 4.18. The van der Waals surface area contributed by atoms with Gasteiger partial charge in [0.1, 0.15) is 6.33 Å². The number of nitrogens with zero attached hydrogens (tertiary/aromatic N) is 3. The normalized spacial score (nSPS) is 14.2. The predicted octanol–water partition coefficient (Wildman–Crippen LogP) is 1.04. The molecule has 1 unspecified atom stereocenters. The lowest BCUT2D eigenvalue weighted by atomic mass is 10.2. The summed E-state index contributed by atoms with van der Waals surface area (Å²) < 4.78 is 38.5. The Morgan fingerprint density at radius 1 is 1.60 bits per heavy atom. The Labute approximate surface area is 89.0 Å². The first kappa shape index (κ1) is 12.3. The van der Waals surface area contributed by atoms with Crippen molar-refractivity contribution >= 4 is 11.8 Å². The third-order valence-electron chi connectivity index (χ3n) is 1.83. The van der Waals surface area contributed by atoms with E-state index in [0.29, 0.717) is 5.16 Å². The highest BCUT2D eigenvalue weighted by Gasteiger charge is 2.38. The van der Waals surface area contributed by atoms with Crippen LogP contribution in [0.15, 0.2) is 11.5 Å². The van der Waals surface area contributed by atoms with E-state index in [1.165, 1.54) is 6.33 Å². The van der Waals surface area contributed by atoms with E-state index >= 15 is 0 Å². The largest absolute Gasteiger partial charge is 0.393 e. The van der Waals surface area contributed by atoms with Gasteiger partial charge in [0.2, 0.25) is 0 Å². The fourth-order valence-electron chi connectivity index (χ4n) is 0.875. The zero-order valence-electron chi connectivity index (χ0n) is 8.03. The SMILES string of the molecule is Cn1cnnc1SCC(CN)C(F)(F)F. The first-order chi connectivity index (χ1) is 6.95. The van der Waals surface area contributed by atoms with Gasteiger partial charge >= 0.3 is 6.18 Å². The molecule has 1 rings (SSSR count). The third-order valence-corrected chi connectivity index (χ3v) is 3.03. The van der Waals surface area contributed by atoms with Crippen molar-refractivity contribution in [2.75, 3.05) is 12.3 Å². The maximum atomic E-state index is 12.3. The molecule has 1 heterocycles. The van der Waals surface area contributed by atoms with E-state index in [1.54, 1.807) is 11.6 Å². The van der Waals surface area contributed by atoms with Crippen LogP contribution in [0.3, 0.4) is 0 Å². The van der Waals surface area contributed by atoms with E-state index in [9.17, 15) is 13.2 Å². The fraction of sp³-hybridized carbons (Fsp3) is 0.714. The van der Waals surface area contributed by atoms with Crippen LogP contribution in [0.2, 0.25) is 0 Å². The van der Waals surface area contributed by atoms with Crippen LogP contribution in [0, 0.1) is 5.92 Å². The van der Waals surface area contributed by atoms with Crippen molar-refractivity contribution in [1.82, 2.24) is 14.8 Å². The van der Waals surface area contributed by atoms with Crippen molar-refractivity contribution in [3.63, 3.8) is 0 Å². The molecule has 0 amide bonds. The molecule has 1 atom stereocenters. The summed E-state index contributed by atoms with van der Waals surface area (Å²) in [5, 5.41) is 7.70. The highest BCUT2D eigenvalue weighted by atomic mass is 32.2. The van der Waals surface area contributed by atoms with E-state index in [2.05, 4.69) is 10.2 Å². The summed E-state index contributed by atoms with van der Waals surface area (Å²) in [4.78, 5) is 0. The zero-order chi connectivity index (χ0) is 11.5. The van der Waals surface area contributed by atoms with Gasteiger partial charge in [-0.3, -0.25) is 0 Å². The highest BCUT2D eigenvalue weighted by Crippen LogP contribution is 2.30. The summed E-state index contributed by atoms with van der Waals surface area (Å²) in [7, 11) is 1.67. The van der Waals surface area contributed by atoms with Crippen LogP contribution in [0.5, 0.6) is 0 Å². The molecule has 0 bridgehead atoms. The smallest absolute Gasteiger partial charge is 0.330 e. The number of rotatable bonds is 4. The van der Waals surface area contributed by atoms with Crippen molar-refractivity contribution in [1.29, 1.82) is 0 Å². The van der Waals surface area contributed by atoms with Crippen LogP contribution in [0.4, 0.5) is 13.2 Å². The second-order valence-corrected chi connectivity index (χ2v) is 4.00. The van der Waals surface area contributed by atoms with E-state index in [-0.39, 0.29) is 5.75 Å². The summed E-state index contributed by atoms with van der Waals surface area (Å²) >= 11 is 1.00. The van der Waals surface area contributed by atoms with Gasteiger partial charge in [-0.15, -0.1) is 10.2 Å². The first-order valence-corrected chi connectivity index (χ1v) is 5.17. The van der Waals surface area contributed by atoms with Gasteiger partial charge in [0.15, 0.2) is 5.16 Å². The lowest BCUT2D eigenvalue weighted by molar-refractivity contribution is -0.165. The molecule has 0 spiro atoms. The summed E-state index contributed by atoms with van der Waals surface area (Å²) in [6.45, 7) is -0.408. The number of alkyl halides is 3. The molecule has 0 aliphatic carbocycles. The molecule has 0 saturated heterocycles. The Morgan fingerprint density at radius 2 is 2.27 bits per heavy atom. The molecule has 8 heteroatoms. The Kier molecular flexibility index (Phi) is 3.97. The molecular weight excluding hydrogens is 229 g/mol. The van der Waals surface area contributed by atoms with Gasteiger partial charge in [0.05, 0.1) is 5.92 Å². The molecular formula is C7H11F3N4S. The zero-order valence-corrected chi connectivity index (χ0v) is 8.85. The lowest BCUT2D eigenvalue weighted by Gasteiger charge is -2.17. The number of aromatic nitrogens is 3. The van der Waals surface area contributed by atoms with E-state index in [4.69, 9.17) is 5.73 Å². The van der Waals surface area contributed by atoms with Gasteiger partial charge in [-0.05, 0) is 0 Å². The third kappa shape index (κ3) is 3.38. The van der Waals surface area contributed by atoms with Gasteiger partial charge in [0, 0.05) is 19.3 Å². The minimum atomic E-state index is -4.25. The van der Waals surface area contributed by atoms with Crippen LogP contribution in [-0.2, 0) is 7.05 Å². The Morgan fingerprint density at radius 3 is 2.67 bits per heavy atom. The Balaban J connectivity index is 2.52. The maximum absolute atomic E-state index is 12.3. The second kappa shape index (κ2) is 4.84. The topological polar surface area (TPSA) is 56.7 Å². The summed E-state index contributed by atoms with van der Waals surface area (Å²) in [6.07, 6.45) is -2.81. The van der Waals surface area contributed by atoms with Crippen molar-refractivity contribution in [3.8, 4) is 0 Å². The summed E-state index contributed by atoms with van der Waals surface area (Å²) in [6, 6.07) is 0. The molecule has 0 aliphatic heterocycles. The molecule has 1 aromatic heterocycles. The Hall–Kier alpha value is -0.760. The summed E-state index contributed by atoms with van der Waals surface area (Å²) in [5.74, 6) is -1.63. The van der Waals surface area contributed by atoms with Crippen molar-refractivity contribution in [2.24, 2.45) is 18.7 Å². The van der Waals surface area contributed by atoms with Crippen LogP contribution >= 0.6 is 11.8 Å². The molecule has 1 aromatic rings. The van der Waals surface area contributed by atoms with Crippen LogP contribution in [0.25, 0.3) is 0 Å². The van der Waals surface area contributed by atoms with E-state index in [0.717, 1.165) is 11.8 Å². The van der Waals surface area contributed by atoms with Gasteiger partial charge < -0.3 is 10.3 Å². The predicted molar refractivity (Wildman–Crippen MR) is 50.3 cm³/mol. The molecule has 0 radical (unpaired) electrons. The second-order valence-electron chi connectivity index (χ2n) is 3.01. The highest BCUT2D eigenvalue weighted by molar-refractivity contribution is 7.99. The molecule has 15 heavy (non-hydrogen) atoms. The van der Waals surface area contributed by atoms with Gasteiger partial charge in [-0.25, -0.2) is 0 Å². The molecule has 2 N–H and O–H groups in total. The molecule has 0 fully saturated rings. The number of hydrogen-bond donors (Lipinski definition) is 1. The van der Waals surface area contributed by atoms with Gasteiger partial charge in [0.25, 0.3) is 0 Å². The average molecular weight is 240 g/mol. The van der Waals surface area contributed by atoms with E-state index < -0.39 is 18.6 Å². The molecule has 0 aliphatic rings. The van der Waals surface area contributed by atoms with Crippen molar-refractivity contribution in [2.45, 2.75) is 11.3 Å². The van der Waals surface area contributed by atoms with Gasteiger partial charge in [-0.2, -0.15) is 13.2 Å². The minimum Gasteiger partial charge on any atom is -0.330 e. The molecule has 0 aromatic carbocycles. The van der Waals surface area contributed by atoms with Crippen LogP contribution in [0.1, 0.15) is 0 Å². The lowest BCUT2D eigenvalue weighted by Crippen LogP contribution is -2.32. The van der Waals surface area contributed by atoms with Gasteiger partial charge in [-0.1, -0.05) is 11.8 Å². The number of thioether (sulfide) groups is 1. The Bertz CT molecular complexity index is 311. The number of aryl methyl sites for hydroxylation is 1. The maximum Gasteiger partial charge on any atom is 0.393 e. The minimum absolute atomic E-state index is 0.132. The fourth-order valence-corrected chi connectivity index (χ4v) is 1.91. The molecule has 4 nitrogen and oxygen atoms in total. The summed E-state index contributed by atoms with van der Waals surface area (Å²) in [5.41, 5.74) is 5.06. The van der Waals surface area contributed by atoms with Crippen LogP contribution < -0.4 is 5.73 Å². The number of nitrogens with two attached hydrogens (primary N) is 1. The van der Waals surface area contributed by atoms with Crippen molar-refractivity contribution in [3.05, 3.63) is 6.33 Å². The van der Waals surface area contributed by atoms with Crippen LogP contribution in [-0.4, -0.2) is 33.2 Å². The molecule has 0 saturated carbocycles. The van der Waals surface area contributed by atoms with E-state index in [1.807, 2.05) is 0 Å². The monoisotopic (exact) mass is 240 g/mol. The number of hydrogen-bond acceptors (Lipinski definition) is 4. The average Bonchev–Trinajstić information content (AvgIpc) is 2.50. The van der Waals surface area contributed by atoms with Crippen molar-refractivity contribution < 1.29 is 13.2 Å². The standard InChI is InChI=1S/C7H11F3N4S/c1-14-4-12-13-6(14)15-3-5(2-11)7(8,9)10/h4-5H,2-3,11H2,1H3. The number of halogens is 3.